The maximum Gasteiger partial charge on any atom is 0.426 e. The van der Waals surface area contributed by atoms with Gasteiger partial charge in [0.25, 0.3) is 11.8 Å². The molecule has 24 heavy (non-hydrogen) atoms. The molecule has 0 heterocycles. The van der Waals surface area contributed by atoms with Gasteiger partial charge in [-0.05, 0) is 19.1 Å². The topological polar surface area (TPSA) is 69.6 Å². The molecule has 0 radical (unpaired) electrons. The van der Waals surface area contributed by atoms with Crippen molar-refractivity contribution in [3.05, 3.63) is 29.8 Å². The molecule has 0 aliphatic heterocycles. The second-order valence-electron chi connectivity index (χ2n) is 5.38. The molecule has 1 unspecified atom stereocenters. The van der Waals surface area contributed by atoms with Crippen molar-refractivity contribution < 1.29 is 36.6 Å². The monoisotopic (exact) mass is 354 g/mol. The summed E-state index contributed by atoms with van der Waals surface area (Å²) in [5.41, 5.74) is -4.58. The summed E-state index contributed by atoms with van der Waals surface area (Å²) in [4.78, 5) is 23.6. The van der Waals surface area contributed by atoms with Gasteiger partial charge in [0.2, 0.25) is 5.60 Å². The van der Waals surface area contributed by atoms with Crippen LogP contribution in [0.4, 0.5) is 27.6 Å². The molecule has 2 N–H and O–H groups in total. The Kier molecular flexibility index (Phi) is 5.24. The van der Waals surface area contributed by atoms with Gasteiger partial charge >= 0.3 is 12.1 Å². The Morgan fingerprint density at radius 3 is 1.88 bits per heavy atom. The molecular formula is C14H15F5N2O3. The highest BCUT2D eigenvalue weighted by Crippen LogP contribution is 2.32. The summed E-state index contributed by atoms with van der Waals surface area (Å²) < 4.78 is 65.3. The minimum atomic E-state index is -5.21. The molecule has 0 aromatic heterocycles. The van der Waals surface area contributed by atoms with E-state index in [9.17, 15) is 36.6 Å². The van der Waals surface area contributed by atoms with Crippen molar-refractivity contribution in [3.63, 3.8) is 0 Å². The first kappa shape index (κ1) is 19.8. The van der Waals surface area contributed by atoms with Crippen molar-refractivity contribution in [2.24, 2.45) is 0 Å². The van der Waals surface area contributed by atoms with E-state index < -0.39 is 35.1 Å². The van der Waals surface area contributed by atoms with Crippen molar-refractivity contribution in [3.8, 4) is 0 Å². The van der Waals surface area contributed by atoms with Crippen LogP contribution in [0.25, 0.3) is 0 Å². The fraction of sp³-hybridized carbons (Fsp3) is 0.429. The van der Waals surface area contributed by atoms with Gasteiger partial charge in [0.05, 0.1) is 0 Å². The molecule has 1 atom stereocenters. The highest BCUT2D eigenvalue weighted by atomic mass is 19.4. The van der Waals surface area contributed by atoms with Gasteiger partial charge < -0.3 is 15.3 Å². The first-order valence-electron chi connectivity index (χ1n) is 6.52. The predicted octanol–water partition coefficient (Wildman–Crippen LogP) is 2.12. The quantitative estimate of drug-likeness (QED) is 0.814. The van der Waals surface area contributed by atoms with Crippen molar-refractivity contribution >= 4 is 17.5 Å². The van der Waals surface area contributed by atoms with Crippen LogP contribution in [0.1, 0.15) is 12.5 Å². The summed E-state index contributed by atoms with van der Waals surface area (Å²) in [5.74, 6) is -7.07. The Bertz CT molecular complexity index is 624. The summed E-state index contributed by atoms with van der Waals surface area (Å²) >= 11 is 0. The molecule has 0 bridgehead atoms. The highest BCUT2D eigenvalue weighted by molar-refractivity contribution is 5.97. The highest BCUT2D eigenvalue weighted by Gasteiger charge is 2.55. The Balaban J connectivity index is 2.97. The molecule has 2 amide bonds. The van der Waals surface area contributed by atoms with E-state index in [0.717, 1.165) is 38.4 Å². The summed E-state index contributed by atoms with van der Waals surface area (Å²) in [5, 5.41) is 11.0. The number of hydrogen-bond donors (Lipinski definition) is 2. The third kappa shape index (κ3) is 3.81. The van der Waals surface area contributed by atoms with Gasteiger partial charge in [-0.3, -0.25) is 9.59 Å². The Hall–Kier alpha value is -2.23. The number of carbonyl (C=O) groups excluding carboxylic acids is 2. The third-order valence-electron chi connectivity index (χ3n) is 3.17. The molecule has 0 saturated carbocycles. The predicted molar refractivity (Wildman–Crippen MR) is 74.3 cm³/mol. The molecule has 0 saturated heterocycles. The van der Waals surface area contributed by atoms with Crippen molar-refractivity contribution in [1.29, 1.82) is 0 Å². The van der Waals surface area contributed by atoms with Gasteiger partial charge in [-0.15, -0.1) is 0 Å². The lowest BCUT2D eigenvalue weighted by Gasteiger charge is -2.25. The van der Waals surface area contributed by atoms with E-state index in [-0.39, 0.29) is 12.6 Å². The average Bonchev–Trinajstić information content (AvgIpc) is 2.45. The number of benzene rings is 1. The number of nitrogens with one attached hydrogen (secondary N) is 1. The number of rotatable bonds is 4. The maximum absolute atomic E-state index is 13.9. The van der Waals surface area contributed by atoms with Crippen LogP contribution < -0.4 is 5.32 Å². The van der Waals surface area contributed by atoms with E-state index in [1.165, 1.54) is 0 Å². The average molecular weight is 354 g/mol. The van der Waals surface area contributed by atoms with Crippen LogP contribution in [0.3, 0.4) is 0 Å². The number of hydrogen-bond acceptors (Lipinski definition) is 3. The standard InChI is InChI=1S/C14H15F5N2O3/c1-12(24,14(17,18)19)10(22)20-9-6-4-8(5-7-9)13(15,16)11(23)21(2)3/h4-7,24H,1-3H3,(H,20,22). The van der Waals surface area contributed by atoms with Crippen molar-refractivity contribution in [2.45, 2.75) is 24.6 Å². The molecule has 1 aromatic rings. The van der Waals surface area contributed by atoms with Crippen molar-refractivity contribution in [1.82, 2.24) is 4.90 Å². The van der Waals surface area contributed by atoms with Gasteiger partial charge in [0.1, 0.15) is 0 Å². The van der Waals surface area contributed by atoms with Crippen LogP contribution in [0.5, 0.6) is 0 Å². The Morgan fingerprint density at radius 1 is 1.04 bits per heavy atom. The smallest absolute Gasteiger partial charge is 0.373 e. The summed E-state index contributed by atoms with van der Waals surface area (Å²) in [6.45, 7) is 0.264. The third-order valence-corrected chi connectivity index (χ3v) is 3.17. The molecule has 0 aliphatic carbocycles. The molecule has 1 rings (SSSR count). The first-order chi connectivity index (χ1) is 10.7. The first-order valence-corrected chi connectivity index (χ1v) is 6.52. The summed E-state index contributed by atoms with van der Waals surface area (Å²) in [7, 11) is 2.29. The van der Waals surface area contributed by atoms with Gasteiger partial charge in [-0.25, -0.2) is 0 Å². The summed E-state index contributed by atoms with van der Waals surface area (Å²) in [6, 6.07) is 3.38. The van der Waals surface area contributed by atoms with Gasteiger partial charge in [0, 0.05) is 25.3 Å². The molecule has 0 aliphatic rings. The van der Waals surface area contributed by atoms with Crippen LogP contribution in [0.2, 0.25) is 0 Å². The molecule has 10 heteroatoms. The minimum Gasteiger partial charge on any atom is -0.373 e. The van der Waals surface area contributed by atoms with E-state index in [1.54, 1.807) is 5.32 Å². The van der Waals surface area contributed by atoms with E-state index in [4.69, 9.17) is 0 Å². The summed E-state index contributed by atoms with van der Waals surface area (Å²) in [6.07, 6.45) is -5.21. The lowest BCUT2D eigenvalue weighted by molar-refractivity contribution is -0.242. The van der Waals surface area contributed by atoms with E-state index in [1.807, 2.05) is 0 Å². The molecule has 0 fully saturated rings. The second kappa shape index (κ2) is 6.34. The second-order valence-corrected chi connectivity index (χ2v) is 5.38. The molecule has 134 valence electrons. The fourth-order valence-corrected chi connectivity index (χ4v) is 1.55. The zero-order chi connectivity index (χ0) is 18.9. The fourth-order valence-electron chi connectivity index (χ4n) is 1.55. The van der Waals surface area contributed by atoms with E-state index >= 15 is 0 Å². The number of amides is 2. The van der Waals surface area contributed by atoms with Gasteiger partial charge in [-0.2, -0.15) is 22.0 Å². The van der Waals surface area contributed by atoms with Crippen LogP contribution >= 0.6 is 0 Å². The molecular weight excluding hydrogens is 339 g/mol. The van der Waals surface area contributed by atoms with E-state index in [0.29, 0.717) is 4.90 Å². The number of nitrogens with zero attached hydrogens (tertiary/aromatic N) is 1. The zero-order valence-corrected chi connectivity index (χ0v) is 12.9. The molecule has 5 nitrogen and oxygen atoms in total. The van der Waals surface area contributed by atoms with Gasteiger partial charge in [0.15, 0.2) is 0 Å². The van der Waals surface area contributed by atoms with Crippen LogP contribution in [-0.4, -0.2) is 47.7 Å². The number of aliphatic hydroxyl groups is 1. The number of anilines is 1. The SMILES string of the molecule is CN(C)C(=O)C(F)(F)c1ccc(NC(=O)C(C)(O)C(F)(F)F)cc1. The number of likely N-dealkylation sites (N-methyl/N-ethyl adjacent to an activating group) is 1. The minimum absolute atomic E-state index is 0.249. The largest absolute Gasteiger partial charge is 0.426 e. The number of alkyl halides is 5. The van der Waals surface area contributed by atoms with Crippen molar-refractivity contribution in [2.75, 3.05) is 19.4 Å². The Labute approximate surface area is 134 Å². The normalized spacial score (nSPS) is 14.7. The lowest BCUT2D eigenvalue weighted by Crippen LogP contribution is -2.52. The zero-order valence-electron chi connectivity index (χ0n) is 12.9. The van der Waals surface area contributed by atoms with Crippen LogP contribution in [-0.2, 0) is 15.5 Å². The van der Waals surface area contributed by atoms with E-state index in [2.05, 4.69) is 0 Å². The van der Waals surface area contributed by atoms with Gasteiger partial charge in [-0.1, -0.05) is 12.1 Å². The Morgan fingerprint density at radius 2 is 1.50 bits per heavy atom. The maximum atomic E-state index is 13.9. The molecule has 1 aromatic carbocycles. The van der Waals surface area contributed by atoms with Crippen LogP contribution in [0.15, 0.2) is 24.3 Å². The lowest BCUT2D eigenvalue weighted by atomic mass is 10.0. The number of carbonyl (C=O) groups is 2. The van der Waals surface area contributed by atoms with Crippen LogP contribution in [0, 0.1) is 0 Å². The molecule has 0 spiro atoms. The number of halogens is 5.